The van der Waals surface area contributed by atoms with Gasteiger partial charge >= 0.3 is 0 Å². The summed E-state index contributed by atoms with van der Waals surface area (Å²) in [6.07, 6.45) is 0. The smallest absolute Gasteiger partial charge is 0.123 e. The van der Waals surface area contributed by atoms with Gasteiger partial charge in [-0.15, -0.1) is 10.2 Å². The zero-order chi connectivity index (χ0) is 5.33. The van der Waals surface area contributed by atoms with Crippen LogP contribution in [-0.2, 0) is 0 Å². The Morgan fingerprint density at radius 2 is 1.71 bits per heavy atom. The monoisotopic (exact) mass is 162 g/mol. The zero-order valence-corrected chi connectivity index (χ0v) is 5.25. The number of rotatable bonds is 0. The Hall–Kier alpha value is -0.320. The molecule has 1 aliphatic heterocycles. The van der Waals surface area contributed by atoms with Crippen LogP contribution in [0.3, 0.4) is 0 Å². The molecule has 0 spiro atoms. The zero-order valence-electron chi connectivity index (χ0n) is 3.67. The first-order chi connectivity index (χ1) is 3.21. The van der Waals surface area contributed by atoms with Gasteiger partial charge in [-0.25, -0.2) is 0 Å². The summed E-state index contributed by atoms with van der Waals surface area (Å²) in [4.78, 5) is 0. The highest BCUT2D eigenvalue weighted by atomic mass is 79.9. The molecule has 0 atom stereocenters. The van der Waals surface area contributed by atoms with E-state index in [9.17, 15) is 0 Å². The van der Waals surface area contributed by atoms with Gasteiger partial charge in [0.2, 0.25) is 4.57 Å². The van der Waals surface area contributed by atoms with Crippen molar-refractivity contribution in [3.05, 3.63) is 0 Å². The van der Waals surface area contributed by atoms with Crippen LogP contribution < -0.4 is 0 Å². The molecule has 4 nitrogen and oxygen atoms in total. The molecule has 1 rings (SSSR count). The molecule has 38 valence electrons. The summed E-state index contributed by atoms with van der Waals surface area (Å²) >= 11 is 3.12. The van der Waals surface area contributed by atoms with Crippen LogP contribution in [0.5, 0.6) is 0 Å². The molecule has 0 N–H and O–H groups in total. The second kappa shape index (κ2) is 1.33. The first-order valence-corrected chi connectivity index (χ1v) is 2.53. The molecule has 0 unspecified atom stereocenters. The average molecular weight is 163 g/mol. The van der Waals surface area contributed by atoms with Gasteiger partial charge in [-0.2, -0.15) is 0 Å². The van der Waals surface area contributed by atoms with E-state index in [2.05, 4.69) is 36.6 Å². The molecular weight excluding hydrogens is 160 g/mol. The van der Waals surface area contributed by atoms with E-state index in [1.54, 1.807) is 6.92 Å². The molecule has 0 aliphatic carbocycles. The van der Waals surface area contributed by atoms with Crippen molar-refractivity contribution in [3.8, 4) is 0 Å². The minimum Gasteiger partial charge on any atom is -0.123 e. The van der Waals surface area contributed by atoms with E-state index in [0.29, 0.717) is 0 Å². The Morgan fingerprint density at radius 3 is 1.86 bits per heavy atom. The summed E-state index contributed by atoms with van der Waals surface area (Å²) in [6.45, 7) is 1.76. The first-order valence-electron chi connectivity index (χ1n) is 1.74. The summed E-state index contributed by atoms with van der Waals surface area (Å²) in [5.74, 6) is 0. The normalized spacial score (nSPS) is 23.7. The van der Waals surface area contributed by atoms with Crippen LogP contribution in [0.1, 0.15) is 6.92 Å². The molecule has 0 bridgehead atoms. The van der Waals surface area contributed by atoms with Gasteiger partial charge < -0.3 is 0 Å². The van der Waals surface area contributed by atoms with Gasteiger partial charge in [-0.1, -0.05) is 0 Å². The fourth-order valence-corrected chi connectivity index (χ4v) is 0.365. The van der Waals surface area contributed by atoms with Gasteiger partial charge in [0.25, 0.3) is 0 Å². The molecule has 0 radical (unpaired) electrons. The van der Waals surface area contributed by atoms with Gasteiger partial charge in [0, 0.05) is 0 Å². The van der Waals surface area contributed by atoms with E-state index in [-0.39, 0.29) is 0 Å². The lowest BCUT2D eigenvalue weighted by Crippen LogP contribution is -2.00. The van der Waals surface area contributed by atoms with Gasteiger partial charge in [-0.3, -0.25) is 0 Å². The molecule has 0 amide bonds. The Bertz CT molecular complexity index is 112. The minimum atomic E-state index is -0.576. The molecule has 1 aliphatic rings. The first kappa shape index (κ1) is 4.83. The van der Waals surface area contributed by atoms with Crippen molar-refractivity contribution in [1.82, 2.24) is 0 Å². The van der Waals surface area contributed by atoms with E-state index in [1.807, 2.05) is 0 Å². The van der Waals surface area contributed by atoms with Crippen molar-refractivity contribution >= 4 is 15.9 Å². The topological polar surface area (TPSA) is 49.4 Å². The number of hydrogen-bond acceptors (Lipinski definition) is 4. The summed E-state index contributed by atoms with van der Waals surface area (Å²) in [5, 5.41) is 13.7. The van der Waals surface area contributed by atoms with Crippen molar-refractivity contribution in [3.63, 3.8) is 0 Å². The standard InChI is InChI=1S/C2H3BrN4/c1-2(3)4-6-7-5-2/h1H3. The Balaban J connectivity index is 2.77. The van der Waals surface area contributed by atoms with Crippen molar-refractivity contribution in [2.75, 3.05) is 0 Å². The maximum Gasteiger partial charge on any atom is 0.245 e. The van der Waals surface area contributed by atoms with Crippen LogP contribution in [0.15, 0.2) is 20.7 Å². The molecule has 0 aromatic heterocycles. The van der Waals surface area contributed by atoms with E-state index < -0.39 is 4.57 Å². The quantitative estimate of drug-likeness (QED) is 0.386. The molecule has 7 heavy (non-hydrogen) atoms. The van der Waals surface area contributed by atoms with Gasteiger partial charge in [-0.05, 0) is 33.3 Å². The Kier molecular flexibility index (Phi) is 0.916. The van der Waals surface area contributed by atoms with Gasteiger partial charge in [0.1, 0.15) is 0 Å². The van der Waals surface area contributed by atoms with Crippen molar-refractivity contribution in [2.24, 2.45) is 20.7 Å². The predicted molar refractivity (Wildman–Crippen MR) is 27.0 cm³/mol. The van der Waals surface area contributed by atoms with E-state index in [0.717, 1.165) is 0 Å². The summed E-state index contributed by atoms with van der Waals surface area (Å²) in [6, 6.07) is 0. The van der Waals surface area contributed by atoms with Crippen LogP contribution in [0.2, 0.25) is 0 Å². The lowest BCUT2D eigenvalue weighted by Gasteiger charge is -1.97. The lowest BCUT2D eigenvalue weighted by molar-refractivity contribution is 0.728. The number of nitrogens with zero attached hydrogens (tertiary/aromatic N) is 4. The van der Waals surface area contributed by atoms with E-state index >= 15 is 0 Å². The SMILES string of the molecule is CC1(Br)N=NN=N1. The van der Waals surface area contributed by atoms with Crippen molar-refractivity contribution in [2.45, 2.75) is 11.5 Å². The third-order valence-corrected chi connectivity index (χ3v) is 0.812. The predicted octanol–water partition coefficient (Wildman–Crippen LogP) is 1.89. The van der Waals surface area contributed by atoms with Gasteiger partial charge in [0.05, 0.1) is 0 Å². The minimum absolute atomic E-state index is 0.576. The highest BCUT2D eigenvalue weighted by molar-refractivity contribution is 9.10. The van der Waals surface area contributed by atoms with Crippen LogP contribution >= 0.6 is 15.9 Å². The van der Waals surface area contributed by atoms with E-state index in [4.69, 9.17) is 0 Å². The fourth-order valence-electron chi connectivity index (χ4n) is 0.223. The van der Waals surface area contributed by atoms with Crippen LogP contribution in [0.4, 0.5) is 0 Å². The van der Waals surface area contributed by atoms with Crippen LogP contribution in [0.25, 0.3) is 0 Å². The number of alkyl halides is 1. The van der Waals surface area contributed by atoms with E-state index in [1.165, 1.54) is 0 Å². The van der Waals surface area contributed by atoms with Gasteiger partial charge in [0.15, 0.2) is 0 Å². The maximum atomic E-state index is 3.58. The molecule has 1 heterocycles. The summed E-state index contributed by atoms with van der Waals surface area (Å²) in [7, 11) is 0. The molecule has 0 fully saturated rings. The molecule has 5 heteroatoms. The molecule has 0 aromatic rings. The fraction of sp³-hybridized carbons (Fsp3) is 1.00. The van der Waals surface area contributed by atoms with Crippen molar-refractivity contribution in [1.29, 1.82) is 0 Å². The van der Waals surface area contributed by atoms with Crippen molar-refractivity contribution < 1.29 is 0 Å². The maximum absolute atomic E-state index is 3.58. The summed E-state index contributed by atoms with van der Waals surface area (Å²) in [5.41, 5.74) is 0. The Labute approximate surface area is 48.8 Å². The molecule has 0 saturated carbocycles. The second-order valence-corrected chi connectivity index (χ2v) is 2.79. The average Bonchev–Trinajstić information content (AvgIpc) is 1.84. The van der Waals surface area contributed by atoms with Crippen LogP contribution in [-0.4, -0.2) is 4.57 Å². The molecular formula is C2H3BrN4. The highest BCUT2D eigenvalue weighted by Gasteiger charge is 2.20. The lowest BCUT2D eigenvalue weighted by atomic mass is 10.6. The molecule has 0 aromatic carbocycles. The third kappa shape index (κ3) is 1.02. The Morgan fingerprint density at radius 1 is 1.29 bits per heavy atom. The second-order valence-electron chi connectivity index (χ2n) is 1.28. The largest absolute Gasteiger partial charge is 0.245 e. The highest BCUT2D eigenvalue weighted by Crippen LogP contribution is 2.25. The van der Waals surface area contributed by atoms with Crippen LogP contribution in [0, 0.1) is 0 Å². The number of halogens is 1. The third-order valence-electron chi connectivity index (χ3n) is 0.494. The summed E-state index contributed by atoms with van der Waals surface area (Å²) < 4.78 is -0.576. The molecule has 0 saturated heterocycles. The number of hydrogen-bond donors (Lipinski definition) is 0.